The number of amides is 1. The molecule has 1 N–H and O–H groups in total. The summed E-state index contributed by atoms with van der Waals surface area (Å²) in [4.78, 5) is 25.1. The molecule has 2 aromatic carbocycles. The third-order valence-electron chi connectivity index (χ3n) is 4.75. The number of nitrogens with zero attached hydrogens (tertiary/aromatic N) is 1. The van der Waals surface area contributed by atoms with E-state index in [1.54, 1.807) is 26.3 Å². The molecule has 0 radical (unpaired) electrons. The number of aromatic nitrogens is 1. The fourth-order valence-electron chi connectivity index (χ4n) is 2.97. The summed E-state index contributed by atoms with van der Waals surface area (Å²) >= 11 is 1.29. The highest BCUT2D eigenvalue weighted by molar-refractivity contribution is 7.07. The third-order valence-corrected chi connectivity index (χ3v) is 5.87. The van der Waals surface area contributed by atoms with Crippen molar-refractivity contribution in [1.82, 2.24) is 4.57 Å². The van der Waals surface area contributed by atoms with E-state index in [2.05, 4.69) is 38.2 Å². The number of hydrogen-bond acceptors (Lipinski definition) is 4. The highest BCUT2D eigenvalue weighted by Crippen LogP contribution is 2.23. The normalized spacial score (nSPS) is 12.8. The van der Waals surface area contributed by atoms with Crippen LogP contribution in [-0.4, -0.2) is 17.6 Å². The van der Waals surface area contributed by atoms with Crippen LogP contribution in [0.25, 0.3) is 12.2 Å². The smallest absolute Gasteiger partial charge is 0.268 e. The maximum absolute atomic E-state index is 12.6. The summed E-state index contributed by atoms with van der Waals surface area (Å²) in [7, 11) is 3.22. The lowest BCUT2D eigenvalue weighted by Crippen LogP contribution is -2.29. The number of nitrogens with one attached hydrogen (secondary N) is 1. The van der Waals surface area contributed by atoms with Crippen LogP contribution in [0.2, 0.25) is 0 Å². The van der Waals surface area contributed by atoms with E-state index in [1.165, 1.54) is 27.5 Å². The van der Waals surface area contributed by atoms with Gasteiger partial charge in [-0.1, -0.05) is 57.2 Å². The van der Waals surface area contributed by atoms with Crippen LogP contribution in [0.15, 0.2) is 53.3 Å². The minimum absolute atomic E-state index is 0.0779. The molecule has 0 aliphatic carbocycles. The van der Waals surface area contributed by atoms with Gasteiger partial charge in [0, 0.05) is 13.1 Å². The van der Waals surface area contributed by atoms with Gasteiger partial charge in [-0.25, -0.2) is 0 Å². The van der Waals surface area contributed by atoms with Crippen molar-refractivity contribution in [2.75, 3.05) is 12.4 Å². The molecule has 5 nitrogen and oxygen atoms in total. The van der Waals surface area contributed by atoms with Gasteiger partial charge in [0.25, 0.3) is 11.5 Å². The second-order valence-electron chi connectivity index (χ2n) is 8.02. The van der Waals surface area contributed by atoms with Gasteiger partial charge in [-0.15, -0.1) is 11.3 Å². The molecule has 0 atom stereocenters. The maximum atomic E-state index is 12.6. The Labute approximate surface area is 180 Å². The van der Waals surface area contributed by atoms with Gasteiger partial charge in [0.15, 0.2) is 0 Å². The number of benzene rings is 2. The summed E-state index contributed by atoms with van der Waals surface area (Å²) in [5.74, 6) is 0.254. The minimum Gasteiger partial charge on any atom is -0.495 e. The second kappa shape index (κ2) is 8.71. The number of anilines is 1. The Morgan fingerprint density at radius 3 is 2.40 bits per heavy atom. The highest BCUT2D eigenvalue weighted by atomic mass is 32.1. The number of thiazole rings is 1. The molecule has 1 amide bonds. The third kappa shape index (κ3) is 4.89. The van der Waals surface area contributed by atoms with Crippen molar-refractivity contribution in [2.24, 2.45) is 7.05 Å². The Kier molecular flexibility index (Phi) is 6.27. The largest absolute Gasteiger partial charge is 0.495 e. The molecule has 30 heavy (non-hydrogen) atoms. The molecular weight excluding hydrogens is 396 g/mol. The summed E-state index contributed by atoms with van der Waals surface area (Å²) in [6, 6.07) is 15.4. The van der Waals surface area contributed by atoms with Crippen molar-refractivity contribution in [3.63, 3.8) is 0 Å². The Hall–Kier alpha value is -3.12. The average molecular weight is 423 g/mol. The van der Waals surface area contributed by atoms with Gasteiger partial charge in [0.1, 0.15) is 10.4 Å². The average Bonchev–Trinajstić information content (AvgIpc) is 2.96. The lowest BCUT2D eigenvalue weighted by atomic mass is 9.87. The van der Waals surface area contributed by atoms with Gasteiger partial charge >= 0.3 is 0 Å². The topological polar surface area (TPSA) is 60.3 Å². The van der Waals surface area contributed by atoms with E-state index in [4.69, 9.17) is 4.74 Å². The lowest BCUT2D eigenvalue weighted by Gasteiger charge is -2.18. The van der Waals surface area contributed by atoms with Crippen molar-refractivity contribution < 1.29 is 9.53 Å². The fraction of sp³-hybridized carbons (Fsp3) is 0.250. The quantitative estimate of drug-likeness (QED) is 0.703. The Morgan fingerprint density at radius 1 is 1.10 bits per heavy atom. The van der Waals surface area contributed by atoms with E-state index in [0.717, 1.165) is 5.56 Å². The number of ether oxygens (including phenoxy) is 1. The number of para-hydroxylation sites is 2. The van der Waals surface area contributed by atoms with E-state index in [-0.39, 0.29) is 16.9 Å². The van der Waals surface area contributed by atoms with Crippen molar-refractivity contribution in [3.05, 3.63) is 79.2 Å². The summed E-state index contributed by atoms with van der Waals surface area (Å²) in [5.41, 5.74) is 2.71. The Morgan fingerprint density at radius 2 is 1.77 bits per heavy atom. The molecule has 1 aromatic heterocycles. The van der Waals surface area contributed by atoms with Gasteiger partial charge in [0.2, 0.25) is 0 Å². The molecule has 0 unspecified atom stereocenters. The molecule has 0 aliphatic rings. The highest BCUT2D eigenvalue weighted by Gasteiger charge is 2.12. The zero-order chi connectivity index (χ0) is 21.9. The number of methoxy groups -OCH3 is 1. The standard InChI is InChI=1S/C24H26N2O3S/c1-24(2,3)17-12-10-16(11-13-17)14-20-23(28)26(4)22(30-20)15-21(27)25-18-8-6-7-9-19(18)29-5/h6-15H,1-5H3,(H,25,27)/b20-14-,22-15-. The molecule has 0 bridgehead atoms. The van der Waals surface area contributed by atoms with Crippen molar-refractivity contribution in [3.8, 4) is 5.75 Å². The molecule has 6 heteroatoms. The number of hydrogen-bond donors (Lipinski definition) is 1. The van der Waals surface area contributed by atoms with E-state index in [0.29, 0.717) is 20.6 Å². The van der Waals surface area contributed by atoms with E-state index >= 15 is 0 Å². The maximum Gasteiger partial charge on any atom is 0.268 e. The van der Waals surface area contributed by atoms with E-state index in [1.807, 2.05) is 30.3 Å². The first-order valence-electron chi connectivity index (χ1n) is 9.63. The number of carbonyl (C=O) groups is 1. The van der Waals surface area contributed by atoms with Crippen LogP contribution in [0.1, 0.15) is 31.9 Å². The monoisotopic (exact) mass is 422 g/mol. The first kappa shape index (κ1) is 21.6. The van der Waals surface area contributed by atoms with Gasteiger partial charge in [-0.2, -0.15) is 0 Å². The number of carbonyl (C=O) groups excluding carboxylic acids is 1. The van der Waals surface area contributed by atoms with Crippen molar-refractivity contribution in [2.45, 2.75) is 26.2 Å². The Balaban J connectivity index is 1.92. The van der Waals surface area contributed by atoms with Crippen LogP contribution in [0.4, 0.5) is 5.69 Å². The molecule has 0 aliphatic heterocycles. The van der Waals surface area contributed by atoms with Crippen LogP contribution in [-0.2, 0) is 17.3 Å². The molecule has 3 rings (SSSR count). The van der Waals surface area contributed by atoms with Crippen LogP contribution in [0.3, 0.4) is 0 Å². The summed E-state index contributed by atoms with van der Waals surface area (Å²) in [5, 5.41) is 2.80. The van der Waals surface area contributed by atoms with Gasteiger partial charge < -0.3 is 14.6 Å². The Bertz CT molecular complexity index is 1230. The minimum atomic E-state index is -0.322. The molecule has 1 heterocycles. The number of rotatable bonds is 4. The van der Waals surface area contributed by atoms with Crippen LogP contribution < -0.4 is 24.8 Å². The summed E-state index contributed by atoms with van der Waals surface area (Å²) in [6.07, 6.45) is 3.29. The first-order chi connectivity index (χ1) is 14.2. The fourth-order valence-corrected chi connectivity index (χ4v) is 4.00. The summed E-state index contributed by atoms with van der Waals surface area (Å²) < 4.78 is 7.90. The van der Waals surface area contributed by atoms with Gasteiger partial charge in [-0.3, -0.25) is 9.59 Å². The van der Waals surface area contributed by atoms with Crippen LogP contribution >= 0.6 is 11.3 Å². The zero-order valence-electron chi connectivity index (χ0n) is 17.9. The molecular formula is C24H26N2O3S. The molecule has 0 saturated heterocycles. The molecule has 0 spiro atoms. The van der Waals surface area contributed by atoms with E-state index in [9.17, 15) is 9.59 Å². The van der Waals surface area contributed by atoms with Crippen LogP contribution in [0.5, 0.6) is 5.75 Å². The SMILES string of the molecule is COc1ccccc1NC(=O)/C=c1\s/c(=C\c2ccc(C(C)(C)C)cc2)c(=O)n1C. The van der Waals surface area contributed by atoms with E-state index < -0.39 is 0 Å². The molecule has 3 aromatic rings. The van der Waals surface area contributed by atoms with Gasteiger partial charge in [0.05, 0.1) is 17.3 Å². The van der Waals surface area contributed by atoms with Crippen molar-refractivity contribution >= 4 is 35.1 Å². The zero-order valence-corrected chi connectivity index (χ0v) is 18.7. The summed E-state index contributed by atoms with van der Waals surface area (Å²) in [6.45, 7) is 6.50. The molecule has 0 fully saturated rings. The lowest BCUT2D eigenvalue weighted by molar-refractivity contribution is -0.110. The van der Waals surface area contributed by atoms with Crippen molar-refractivity contribution in [1.29, 1.82) is 0 Å². The predicted octanol–water partition coefficient (Wildman–Crippen LogP) is 3.00. The second-order valence-corrected chi connectivity index (χ2v) is 9.08. The molecule has 0 saturated carbocycles. The first-order valence-corrected chi connectivity index (χ1v) is 10.4. The molecule has 156 valence electrons. The van der Waals surface area contributed by atoms with Gasteiger partial charge in [-0.05, 0) is 34.8 Å². The predicted molar refractivity (Wildman–Crippen MR) is 124 cm³/mol. The van der Waals surface area contributed by atoms with Crippen LogP contribution in [0, 0.1) is 0 Å².